The molecule has 146 valence electrons. The maximum atomic E-state index is 12.4. The lowest BCUT2D eigenvalue weighted by Crippen LogP contribution is -2.49. The van der Waals surface area contributed by atoms with Crippen LogP contribution >= 0.6 is 34.8 Å². The van der Waals surface area contributed by atoms with Crippen LogP contribution < -0.4 is 20.5 Å². The molecule has 1 unspecified atom stereocenters. The summed E-state index contributed by atoms with van der Waals surface area (Å²) in [6.45, 7) is 0. The van der Waals surface area contributed by atoms with Crippen molar-refractivity contribution < 1.29 is 17.9 Å². The number of nitrogens with two attached hydrogens (primary N) is 1. The van der Waals surface area contributed by atoms with E-state index < -0.39 is 25.9 Å². The maximum absolute atomic E-state index is 12.4. The smallest absolute Gasteiger partial charge is 0.252 e. The van der Waals surface area contributed by atoms with Gasteiger partial charge in [0.15, 0.2) is 0 Å². The molecule has 4 N–H and O–H groups in total. The number of hydrogen-bond acceptors (Lipinski definition) is 5. The molecule has 1 atom stereocenters. The lowest BCUT2D eigenvalue weighted by molar-refractivity contribution is 0.0942. The van der Waals surface area contributed by atoms with Crippen LogP contribution in [0.4, 0.5) is 5.69 Å². The molecule has 0 aliphatic carbocycles. The first-order valence-electron chi connectivity index (χ1n) is 7.42. The number of methoxy groups -OCH3 is 1. The van der Waals surface area contributed by atoms with Crippen molar-refractivity contribution in [3.05, 3.63) is 54.1 Å². The molecule has 2 rings (SSSR count). The van der Waals surface area contributed by atoms with Gasteiger partial charge in [0, 0.05) is 11.3 Å². The van der Waals surface area contributed by atoms with Crippen molar-refractivity contribution in [3.63, 3.8) is 0 Å². The van der Waals surface area contributed by atoms with Crippen LogP contribution in [0.2, 0.25) is 0 Å². The van der Waals surface area contributed by atoms with Gasteiger partial charge in [0.05, 0.1) is 12.0 Å². The second-order valence-electron chi connectivity index (χ2n) is 5.39. The maximum Gasteiger partial charge on any atom is 0.252 e. The zero-order valence-electron chi connectivity index (χ0n) is 13.9. The van der Waals surface area contributed by atoms with Gasteiger partial charge in [0.25, 0.3) is 5.91 Å². The summed E-state index contributed by atoms with van der Waals surface area (Å²) in [6, 6.07) is 11.8. The first-order valence-corrected chi connectivity index (χ1v) is 10.1. The molecule has 0 heterocycles. The monoisotopic (exact) mass is 451 g/mol. The summed E-state index contributed by atoms with van der Waals surface area (Å²) in [6.07, 6.45) is -1.10. The summed E-state index contributed by atoms with van der Waals surface area (Å²) in [5, 5.41) is 10.5. The molecule has 0 fully saturated rings. The standard InChI is InChI=1S/C16H16Cl3N3O4S/c1-26-12-6-2-10(3-7-12)14(23)22-15(16(17,18)19)21-11-4-8-13(9-5-11)27(20,24)25/h2-9,15,21H,1H3,(H,22,23)(H2,20,24,25). The van der Waals surface area contributed by atoms with Crippen LogP contribution in [0.3, 0.4) is 0 Å². The number of halogens is 3. The van der Waals surface area contributed by atoms with Crippen molar-refractivity contribution in [2.45, 2.75) is 14.9 Å². The Labute approximate surface area is 171 Å². The Kier molecular flexibility index (Phi) is 6.82. The van der Waals surface area contributed by atoms with Crippen LogP contribution in [-0.2, 0) is 10.0 Å². The van der Waals surface area contributed by atoms with Crippen LogP contribution in [0, 0.1) is 0 Å². The number of nitrogens with one attached hydrogen (secondary N) is 2. The Morgan fingerprint density at radius 3 is 2.07 bits per heavy atom. The molecule has 2 aromatic rings. The molecular formula is C16H16Cl3N3O4S. The lowest BCUT2D eigenvalue weighted by Gasteiger charge is -2.27. The van der Waals surface area contributed by atoms with Gasteiger partial charge in [-0.3, -0.25) is 4.79 Å². The normalized spacial score (nSPS) is 12.9. The third kappa shape index (κ3) is 6.15. The summed E-state index contributed by atoms with van der Waals surface area (Å²) in [5.41, 5.74) is 0.746. The van der Waals surface area contributed by atoms with E-state index in [4.69, 9.17) is 44.7 Å². The van der Waals surface area contributed by atoms with Crippen LogP contribution in [0.5, 0.6) is 5.75 Å². The molecule has 1 amide bonds. The minimum Gasteiger partial charge on any atom is -0.497 e. The predicted molar refractivity (Wildman–Crippen MR) is 106 cm³/mol. The molecule has 0 spiro atoms. The van der Waals surface area contributed by atoms with E-state index >= 15 is 0 Å². The van der Waals surface area contributed by atoms with Crippen molar-refractivity contribution >= 4 is 56.4 Å². The number of amides is 1. The number of carbonyl (C=O) groups excluding carboxylic acids is 1. The van der Waals surface area contributed by atoms with Crippen molar-refractivity contribution in [2.75, 3.05) is 12.4 Å². The fourth-order valence-electron chi connectivity index (χ4n) is 2.06. The van der Waals surface area contributed by atoms with E-state index in [9.17, 15) is 13.2 Å². The van der Waals surface area contributed by atoms with E-state index in [2.05, 4.69) is 10.6 Å². The topological polar surface area (TPSA) is 111 Å². The average Bonchev–Trinajstić information content (AvgIpc) is 2.60. The quantitative estimate of drug-likeness (QED) is 0.461. The molecule has 0 radical (unpaired) electrons. The Balaban J connectivity index is 2.16. The van der Waals surface area contributed by atoms with Gasteiger partial charge in [-0.25, -0.2) is 13.6 Å². The van der Waals surface area contributed by atoms with Crippen molar-refractivity contribution in [1.29, 1.82) is 0 Å². The van der Waals surface area contributed by atoms with Gasteiger partial charge in [-0.1, -0.05) is 34.8 Å². The van der Waals surface area contributed by atoms with Crippen LogP contribution in [0.1, 0.15) is 10.4 Å². The van der Waals surface area contributed by atoms with Gasteiger partial charge < -0.3 is 15.4 Å². The minimum absolute atomic E-state index is 0.0687. The van der Waals surface area contributed by atoms with Crippen LogP contribution in [0.25, 0.3) is 0 Å². The molecule has 0 saturated heterocycles. The van der Waals surface area contributed by atoms with Crippen molar-refractivity contribution in [2.24, 2.45) is 5.14 Å². The Bertz CT molecular complexity index is 898. The number of rotatable bonds is 6. The van der Waals surface area contributed by atoms with E-state index in [0.717, 1.165) is 0 Å². The van der Waals surface area contributed by atoms with Gasteiger partial charge in [-0.2, -0.15) is 0 Å². The molecule has 11 heteroatoms. The van der Waals surface area contributed by atoms with Crippen LogP contribution in [-0.4, -0.2) is 31.4 Å². The number of benzene rings is 2. The number of hydrogen-bond donors (Lipinski definition) is 3. The van der Waals surface area contributed by atoms with E-state index in [1.807, 2.05) is 0 Å². The number of sulfonamides is 1. The number of carbonyl (C=O) groups is 1. The molecule has 2 aromatic carbocycles. The second-order valence-corrected chi connectivity index (χ2v) is 9.32. The number of alkyl halides is 3. The largest absolute Gasteiger partial charge is 0.497 e. The summed E-state index contributed by atoms with van der Waals surface area (Å²) in [4.78, 5) is 12.3. The van der Waals surface area contributed by atoms with E-state index in [1.165, 1.54) is 31.4 Å². The van der Waals surface area contributed by atoms with E-state index in [-0.39, 0.29) is 4.90 Å². The summed E-state index contributed by atoms with van der Waals surface area (Å²) < 4.78 is 25.8. The summed E-state index contributed by atoms with van der Waals surface area (Å²) in [5.74, 6) is 0.111. The molecule has 27 heavy (non-hydrogen) atoms. The molecule has 0 saturated carbocycles. The Hall–Kier alpha value is -1.71. The fraction of sp³-hybridized carbons (Fsp3) is 0.188. The van der Waals surface area contributed by atoms with Gasteiger partial charge in [0.1, 0.15) is 11.9 Å². The van der Waals surface area contributed by atoms with Crippen LogP contribution in [0.15, 0.2) is 53.4 Å². The predicted octanol–water partition coefficient (Wildman–Crippen LogP) is 2.88. The summed E-state index contributed by atoms with van der Waals surface area (Å²) in [7, 11) is -2.31. The molecule has 7 nitrogen and oxygen atoms in total. The minimum atomic E-state index is -3.82. The lowest BCUT2D eigenvalue weighted by atomic mass is 10.2. The Morgan fingerprint density at radius 1 is 1.07 bits per heavy atom. The van der Waals surface area contributed by atoms with Gasteiger partial charge in [0.2, 0.25) is 13.8 Å². The highest BCUT2D eigenvalue weighted by molar-refractivity contribution is 7.89. The number of primary sulfonamides is 1. The highest BCUT2D eigenvalue weighted by atomic mass is 35.6. The first kappa shape index (κ1) is 21.6. The molecular weight excluding hydrogens is 437 g/mol. The number of ether oxygens (including phenoxy) is 1. The number of anilines is 1. The van der Waals surface area contributed by atoms with E-state index in [1.54, 1.807) is 24.3 Å². The van der Waals surface area contributed by atoms with Crippen molar-refractivity contribution in [3.8, 4) is 5.75 Å². The van der Waals surface area contributed by atoms with Gasteiger partial charge in [-0.15, -0.1) is 0 Å². The third-order valence-electron chi connectivity index (χ3n) is 3.45. The third-order valence-corrected chi connectivity index (χ3v) is 5.03. The zero-order valence-corrected chi connectivity index (χ0v) is 17.0. The average molecular weight is 453 g/mol. The molecule has 0 aromatic heterocycles. The second kappa shape index (κ2) is 8.53. The van der Waals surface area contributed by atoms with Gasteiger partial charge >= 0.3 is 0 Å². The molecule has 0 bridgehead atoms. The SMILES string of the molecule is COc1ccc(C(=O)NC(Nc2ccc(S(N)(=O)=O)cc2)C(Cl)(Cl)Cl)cc1. The molecule has 0 aliphatic rings. The Morgan fingerprint density at radius 2 is 1.63 bits per heavy atom. The highest BCUT2D eigenvalue weighted by Gasteiger charge is 2.34. The zero-order chi connectivity index (χ0) is 20.2. The van der Waals surface area contributed by atoms with Crippen molar-refractivity contribution in [1.82, 2.24) is 5.32 Å². The van der Waals surface area contributed by atoms with Gasteiger partial charge in [-0.05, 0) is 48.5 Å². The fourth-order valence-corrected chi connectivity index (χ4v) is 2.91. The molecule has 0 aliphatic heterocycles. The van der Waals surface area contributed by atoms with E-state index in [0.29, 0.717) is 17.0 Å². The summed E-state index contributed by atoms with van der Waals surface area (Å²) >= 11 is 17.8. The first-order chi connectivity index (χ1) is 12.5. The highest BCUT2D eigenvalue weighted by Crippen LogP contribution is 2.31.